The molecule has 0 radical (unpaired) electrons. The third kappa shape index (κ3) is 5.79. The minimum absolute atomic E-state index is 0.0114. The summed E-state index contributed by atoms with van der Waals surface area (Å²) in [6, 6.07) is 23.2. The number of rotatable bonds is 7. The van der Waals surface area contributed by atoms with Crippen LogP contribution >= 0.6 is 39.1 Å². The molecule has 4 rings (SSSR count). The molecule has 0 aliphatic heterocycles. The lowest BCUT2D eigenvalue weighted by Gasteiger charge is -2.15. The third-order valence-corrected chi connectivity index (χ3v) is 7.59. The average Bonchev–Trinajstić information content (AvgIpc) is 2.85. The number of para-hydroxylation sites is 1. The Labute approximate surface area is 226 Å². The van der Waals surface area contributed by atoms with Gasteiger partial charge in [-0.3, -0.25) is 14.3 Å². The highest BCUT2D eigenvalue weighted by Crippen LogP contribution is 2.28. The predicted octanol–water partition coefficient (Wildman–Crippen LogP) is 7.04. The molecular weight excluding hydrogens is 587 g/mol. The van der Waals surface area contributed by atoms with Gasteiger partial charge in [0.1, 0.15) is 0 Å². The summed E-state index contributed by atoms with van der Waals surface area (Å²) in [4.78, 5) is 26.5. The first kappa shape index (κ1) is 25.9. The molecule has 0 spiro atoms. The van der Waals surface area contributed by atoms with E-state index in [1.54, 1.807) is 54.6 Å². The number of nitrogens with one attached hydrogen (secondary N) is 2. The summed E-state index contributed by atoms with van der Waals surface area (Å²) < 4.78 is 28.8. The van der Waals surface area contributed by atoms with Crippen LogP contribution in [0.15, 0.2) is 100 Å². The number of ketones is 1. The maximum Gasteiger partial charge on any atom is 0.261 e. The fourth-order valence-corrected chi connectivity index (χ4v) is 5.17. The van der Waals surface area contributed by atoms with Crippen LogP contribution in [-0.2, 0) is 10.0 Å². The second-order valence-electron chi connectivity index (χ2n) is 7.56. The SMILES string of the molecule is O=C(Nc1ccc(Br)cc1C(=O)c1ccccc1Cl)c1ccccc1NS(=O)(=O)c1ccc(Cl)cc1. The molecule has 0 saturated heterocycles. The van der Waals surface area contributed by atoms with Crippen LogP contribution in [0.5, 0.6) is 0 Å². The second kappa shape index (κ2) is 10.8. The van der Waals surface area contributed by atoms with Gasteiger partial charge in [0.15, 0.2) is 5.78 Å². The molecule has 1 amide bonds. The van der Waals surface area contributed by atoms with E-state index < -0.39 is 15.9 Å². The molecule has 182 valence electrons. The first-order valence-electron chi connectivity index (χ1n) is 10.4. The van der Waals surface area contributed by atoms with Crippen LogP contribution in [0.25, 0.3) is 0 Å². The number of hydrogen-bond donors (Lipinski definition) is 2. The maximum atomic E-state index is 13.3. The van der Waals surface area contributed by atoms with Crippen LogP contribution in [0.2, 0.25) is 10.0 Å². The molecule has 6 nitrogen and oxygen atoms in total. The molecule has 0 fully saturated rings. The molecular formula is C26H17BrCl2N2O4S. The lowest BCUT2D eigenvalue weighted by molar-refractivity contribution is 0.102. The van der Waals surface area contributed by atoms with Crippen LogP contribution in [0.3, 0.4) is 0 Å². The standard InChI is InChI=1S/C26H17BrCl2N2O4S/c27-16-9-14-23(21(15-16)25(32)19-5-1-3-7-22(19)29)30-26(33)20-6-2-4-8-24(20)31-36(34,35)18-12-10-17(28)11-13-18/h1-15,31H,(H,30,33). The van der Waals surface area contributed by atoms with Gasteiger partial charge in [0, 0.05) is 20.6 Å². The highest BCUT2D eigenvalue weighted by atomic mass is 79.9. The van der Waals surface area contributed by atoms with E-state index in [4.69, 9.17) is 23.2 Å². The van der Waals surface area contributed by atoms with E-state index in [1.807, 2.05) is 0 Å². The van der Waals surface area contributed by atoms with E-state index in [0.717, 1.165) is 0 Å². The van der Waals surface area contributed by atoms with Crippen LogP contribution in [0.4, 0.5) is 11.4 Å². The van der Waals surface area contributed by atoms with Gasteiger partial charge in [-0.1, -0.05) is 63.4 Å². The summed E-state index contributed by atoms with van der Waals surface area (Å²) in [6.07, 6.45) is 0. The molecule has 10 heteroatoms. The van der Waals surface area contributed by atoms with Crippen molar-refractivity contribution < 1.29 is 18.0 Å². The number of carbonyl (C=O) groups excluding carboxylic acids is 2. The second-order valence-corrected chi connectivity index (χ2v) is 11.0. The summed E-state index contributed by atoms with van der Waals surface area (Å²) in [7, 11) is -3.99. The Morgan fingerprint density at radius 1 is 0.722 bits per heavy atom. The van der Waals surface area contributed by atoms with Gasteiger partial charge >= 0.3 is 0 Å². The van der Waals surface area contributed by atoms with Crippen molar-refractivity contribution in [3.63, 3.8) is 0 Å². The quantitative estimate of drug-likeness (QED) is 0.222. The fraction of sp³-hybridized carbons (Fsp3) is 0. The predicted molar refractivity (Wildman–Crippen MR) is 146 cm³/mol. The van der Waals surface area contributed by atoms with Crippen molar-refractivity contribution in [3.8, 4) is 0 Å². The molecule has 0 saturated carbocycles. The van der Waals surface area contributed by atoms with E-state index in [-0.39, 0.29) is 43.8 Å². The lowest BCUT2D eigenvalue weighted by atomic mass is 10.0. The van der Waals surface area contributed by atoms with Crippen molar-refractivity contribution in [2.75, 3.05) is 10.0 Å². The monoisotopic (exact) mass is 602 g/mol. The zero-order valence-electron chi connectivity index (χ0n) is 18.3. The van der Waals surface area contributed by atoms with E-state index >= 15 is 0 Å². The van der Waals surface area contributed by atoms with Crippen LogP contribution < -0.4 is 10.0 Å². The van der Waals surface area contributed by atoms with Crippen LogP contribution in [0, 0.1) is 0 Å². The van der Waals surface area contributed by atoms with E-state index in [1.165, 1.54) is 36.4 Å². The number of hydrogen-bond acceptors (Lipinski definition) is 4. The van der Waals surface area contributed by atoms with Gasteiger partial charge in [-0.05, 0) is 66.7 Å². The highest BCUT2D eigenvalue weighted by molar-refractivity contribution is 9.10. The maximum absolute atomic E-state index is 13.3. The molecule has 0 heterocycles. The number of benzene rings is 4. The molecule has 0 aromatic heterocycles. The molecule has 0 bridgehead atoms. The Balaban J connectivity index is 1.65. The topological polar surface area (TPSA) is 92.3 Å². The Morgan fingerprint density at radius 3 is 2.06 bits per heavy atom. The van der Waals surface area contributed by atoms with Crippen molar-refractivity contribution in [2.45, 2.75) is 4.90 Å². The molecule has 0 atom stereocenters. The summed E-state index contributed by atoms with van der Waals surface area (Å²) in [5.74, 6) is -0.992. The normalized spacial score (nSPS) is 11.1. The van der Waals surface area contributed by atoms with Gasteiger partial charge in [-0.2, -0.15) is 0 Å². The van der Waals surface area contributed by atoms with E-state index in [0.29, 0.717) is 9.50 Å². The van der Waals surface area contributed by atoms with Gasteiger partial charge in [0.2, 0.25) is 0 Å². The zero-order chi connectivity index (χ0) is 25.9. The van der Waals surface area contributed by atoms with E-state index in [2.05, 4.69) is 26.0 Å². The largest absolute Gasteiger partial charge is 0.321 e. The number of halogens is 3. The number of sulfonamides is 1. The van der Waals surface area contributed by atoms with Crippen molar-refractivity contribution >= 4 is 72.2 Å². The van der Waals surface area contributed by atoms with Crippen molar-refractivity contribution in [3.05, 3.63) is 122 Å². The molecule has 0 unspecified atom stereocenters. The third-order valence-electron chi connectivity index (χ3n) is 5.13. The number of anilines is 2. The first-order chi connectivity index (χ1) is 17.2. The summed E-state index contributed by atoms with van der Waals surface area (Å²) in [6.45, 7) is 0. The molecule has 2 N–H and O–H groups in total. The average molecular weight is 604 g/mol. The minimum atomic E-state index is -3.99. The number of carbonyl (C=O) groups is 2. The van der Waals surface area contributed by atoms with Crippen molar-refractivity contribution in [1.29, 1.82) is 0 Å². The molecule has 4 aromatic carbocycles. The van der Waals surface area contributed by atoms with Crippen molar-refractivity contribution in [2.24, 2.45) is 0 Å². The Bertz CT molecular complexity index is 1580. The van der Waals surface area contributed by atoms with Crippen LogP contribution in [-0.4, -0.2) is 20.1 Å². The molecule has 0 aliphatic carbocycles. The van der Waals surface area contributed by atoms with Gasteiger partial charge in [-0.25, -0.2) is 8.42 Å². The Morgan fingerprint density at radius 2 is 1.36 bits per heavy atom. The summed E-state index contributed by atoms with van der Waals surface area (Å²) in [5.41, 5.74) is 0.868. The highest BCUT2D eigenvalue weighted by Gasteiger charge is 2.22. The lowest BCUT2D eigenvalue weighted by Crippen LogP contribution is -2.19. The molecule has 0 aliphatic rings. The van der Waals surface area contributed by atoms with Gasteiger partial charge in [-0.15, -0.1) is 0 Å². The smallest absolute Gasteiger partial charge is 0.261 e. The summed E-state index contributed by atoms with van der Waals surface area (Å²) >= 11 is 15.4. The van der Waals surface area contributed by atoms with Gasteiger partial charge < -0.3 is 5.32 Å². The Kier molecular flexibility index (Phi) is 7.80. The van der Waals surface area contributed by atoms with E-state index in [9.17, 15) is 18.0 Å². The van der Waals surface area contributed by atoms with Gasteiger partial charge in [0.05, 0.1) is 26.9 Å². The zero-order valence-corrected chi connectivity index (χ0v) is 22.2. The van der Waals surface area contributed by atoms with Crippen molar-refractivity contribution in [1.82, 2.24) is 0 Å². The molecule has 36 heavy (non-hydrogen) atoms. The van der Waals surface area contributed by atoms with Gasteiger partial charge in [0.25, 0.3) is 15.9 Å². The number of amides is 1. The minimum Gasteiger partial charge on any atom is -0.321 e. The fourth-order valence-electron chi connectivity index (χ4n) is 3.38. The molecule has 4 aromatic rings. The summed E-state index contributed by atoms with van der Waals surface area (Å²) in [5, 5.41) is 3.39. The first-order valence-corrected chi connectivity index (χ1v) is 13.5. The Hall–Kier alpha value is -3.17. The van der Waals surface area contributed by atoms with Crippen LogP contribution in [0.1, 0.15) is 26.3 Å².